The predicted octanol–water partition coefficient (Wildman–Crippen LogP) is 1.52. The molecule has 1 atom stereocenters. The van der Waals surface area contributed by atoms with Crippen molar-refractivity contribution < 1.29 is 4.79 Å². The van der Waals surface area contributed by atoms with Crippen LogP contribution in [-0.2, 0) is 4.79 Å². The first-order valence-corrected chi connectivity index (χ1v) is 4.59. The Morgan fingerprint density at radius 2 is 2.42 bits per heavy atom. The van der Waals surface area contributed by atoms with Gasteiger partial charge in [0.1, 0.15) is 0 Å². The highest BCUT2D eigenvalue weighted by molar-refractivity contribution is 5.94. The van der Waals surface area contributed by atoms with E-state index in [0.29, 0.717) is 17.9 Å². The van der Waals surface area contributed by atoms with Gasteiger partial charge >= 0.3 is 0 Å². The average Bonchev–Trinajstić information content (AvgIpc) is 2.51. The minimum atomic E-state index is 0.224. The lowest BCUT2D eigenvalue weighted by atomic mass is 9.99. The van der Waals surface area contributed by atoms with E-state index in [1.807, 2.05) is 0 Å². The third-order valence-electron chi connectivity index (χ3n) is 2.42. The molecule has 0 aromatic carbocycles. The summed E-state index contributed by atoms with van der Waals surface area (Å²) in [5.41, 5.74) is 0.695. The van der Waals surface area contributed by atoms with Gasteiger partial charge in [0.05, 0.1) is 0 Å². The van der Waals surface area contributed by atoms with Gasteiger partial charge in [-0.2, -0.15) is 0 Å². The summed E-state index contributed by atoms with van der Waals surface area (Å²) in [6.45, 7) is 7.63. The summed E-state index contributed by atoms with van der Waals surface area (Å²) >= 11 is 0. The molecule has 2 heteroatoms. The smallest absolute Gasteiger partial charge is 0.157 e. The fraction of sp³-hybridized carbons (Fsp3) is 0.700. The van der Waals surface area contributed by atoms with Gasteiger partial charge in [0.2, 0.25) is 0 Å². The van der Waals surface area contributed by atoms with Gasteiger partial charge in [-0.1, -0.05) is 6.58 Å². The Hall–Kier alpha value is -0.630. The summed E-state index contributed by atoms with van der Waals surface area (Å²) in [4.78, 5) is 11.2. The average molecular weight is 167 g/mol. The maximum absolute atomic E-state index is 11.2. The first-order valence-electron chi connectivity index (χ1n) is 4.59. The zero-order chi connectivity index (χ0) is 8.97. The van der Waals surface area contributed by atoms with E-state index in [4.69, 9.17) is 0 Å². The molecule has 1 aliphatic rings. The molecule has 1 heterocycles. The minimum absolute atomic E-state index is 0.224. The fourth-order valence-corrected chi connectivity index (χ4v) is 1.51. The molecular formula is C10H17NO. The highest BCUT2D eigenvalue weighted by atomic mass is 16.1. The zero-order valence-corrected chi connectivity index (χ0v) is 7.73. The SMILES string of the molecule is C=C(C)C(=O)CCC1CCNC1. The topological polar surface area (TPSA) is 29.1 Å². The van der Waals surface area contributed by atoms with Crippen molar-refractivity contribution >= 4 is 5.78 Å². The van der Waals surface area contributed by atoms with Crippen LogP contribution in [0.5, 0.6) is 0 Å². The zero-order valence-electron chi connectivity index (χ0n) is 7.73. The molecule has 2 nitrogen and oxygen atoms in total. The number of allylic oxidation sites excluding steroid dienone is 1. The lowest BCUT2D eigenvalue weighted by Crippen LogP contribution is -2.10. The minimum Gasteiger partial charge on any atom is -0.316 e. The second-order valence-electron chi connectivity index (χ2n) is 3.60. The number of ketones is 1. The summed E-state index contributed by atoms with van der Waals surface area (Å²) in [6, 6.07) is 0. The van der Waals surface area contributed by atoms with Crippen LogP contribution < -0.4 is 5.32 Å². The van der Waals surface area contributed by atoms with Crippen LogP contribution in [0.4, 0.5) is 0 Å². The summed E-state index contributed by atoms with van der Waals surface area (Å²) in [6.07, 6.45) is 2.93. The Kier molecular flexibility index (Phi) is 3.48. The molecule has 0 radical (unpaired) electrons. The maximum Gasteiger partial charge on any atom is 0.157 e. The molecule has 0 saturated carbocycles. The molecule has 0 aromatic rings. The molecule has 1 unspecified atom stereocenters. The van der Waals surface area contributed by atoms with Crippen molar-refractivity contribution in [2.75, 3.05) is 13.1 Å². The molecule has 1 saturated heterocycles. The summed E-state index contributed by atoms with van der Waals surface area (Å²) in [5.74, 6) is 0.940. The van der Waals surface area contributed by atoms with Crippen LogP contribution in [-0.4, -0.2) is 18.9 Å². The van der Waals surface area contributed by atoms with Crippen molar-refractivity contribution in [3.63, 3.8) is 0 Å². The second kappa shape index (κ2) is 4.41. The molecule has 0 bridgehead atoms. The van der Waals surface area contributed by atoms with Crippen molar-refractivity contribution in [3.8, 4) is 0 Å². The molecule has 0 aromatic heterocycles. The maximum atomic E-state index is 11.2. The van der Waals surface area contributed by atoms with E-state index < -0.39 is 0 Å². The van der Waals surface area contributed by atoms with E-state index in [1.54, 1.807) is 6.92 Å². The van der Waals surface area contributed by atoms with E-state index in [1.165, 1.54) is 6.42 Å². The Labute approximate surface area is 74.0 Å². The normalized spacial score (nSPS) is 22.6. The molecule has 0 spiro atoms. The van der Waals surface area contributed by atoms with Crippen molar-refractivity contribution in [1.82, 2.24) is 5.32 Å². The Morgan fingerprint density at radius 1 is 1.67 bits per heavy atom. The van der Waals surface area contributed by atoms with Gasteiger partial charge in [-0.05, 0) is 44.3 Å². The standard InChI is InChI=1S/C10H17NO/c1-8(2)10(12)4-3-9-5-6-11-7-9/h9,11H,1,3-7H2,2H3. The summed E-state index contributed by atoms with van der Waals surface area (Å²) in [5, 5.41) is 3.29. The molecule has 1 N–H and O–H groups in total. The predicted molar refractivity (Wildman–Crippen MR) is 50.0 cm³/mol. The van der Waals surface area contributed by atoms with Crippen molar-refractivity contribution in [3.05, 3.63) is 12.2 Å². The van der Waals surface area contributed by atoms with Crippen molar-refractivity contribution in [1.29, 1.82) is 0 Å². The number of carbonyl (C=O) groups excluding carboxylic acids is 1. The van der Waals surface area contributed by atoms with Crippen LogP contribution >= 0.6 is 0 Å². The Balaban J connectivity index is 2.16. The number of carbonyl (C=O) groups is 1. The first kappa shape index (κ1) is 9.46. The van der Waals surface area contributed by atoms with E-state index in [-0.39, 0.29) is 5.78 Å². The Morgan fingerprint density at radius 3 is 2.92 bits per heavy atom. The lowest BCUT2D eigenvalue weighted by molar-refractivity contribution is -0.115. The van der Waals surface area contributed by atoms with Gasteiger partial charge in [-0.25, -0.2) is 0 Å². The lowest BCUT2D eigenvalue weighted by Gasteiger charge is -2.06. The monoisotopic (exact) mass is 167 g/mol. The van der Waals surface area contributed by atoms with Crippen LogP contribution in [0.3, 0.4) is 0 Å². The third-order valence-corrected chi connectivity index (χ3v) is 2.42. The van der Waals surface area contributed by atoms with Crippen molar-refractivity contribution in [2.45, 2.75) is 26.2 Å². The largest absolute Gasteiger partial charge is 0.316 e. The number of nitrogens with one attached hydrogen (secondary N) is 1. The van der Waals surface area contributed by atoms with E-state index >= 15 is 0 Å². The number of rotatable bonds is 4. The van der Waals surface area contributed by atoms with Gasteiger partial charge in [0, 0.05) is 6.42 Å². The van der Waals surface area contributed by atoms with Gasteiger partial charge in [0.15, 0.2) is 5.78 Å². The number of Topliss-reactive ketones (excluding diaryl/α,β-unsaturated/α-hetero) is 1. The van der Waals surface area contributed by atoms with E-state index in [0.717, 1.165) is 19.5 Å². The number of hydrogen-bond acceptors (Lipinski definition) is 2. The Bertz CT molecular complexity index is 180. The quantitative estimate of drug-likeness (QED) is 0.643. The molecule has 1 rings (SSSR count). The molecular weight excluding hydrogens is 150 g/mol. The van der Waals surface area contributed by atoms with Crippen LogP contribution in [0.25, 0.3) is 0 Å². The molecule has 1 aliphatic heterocycles. The fourth-order valence-electron chi connectivity index (χ4n) is 1.51. The van der Waals surface area contributed by atoms with Crippen LogP contribution in [0, 0.1) is 5.92 Å². The van der Waals surface area contributed by atoms with Gasteiger partial charge in [-0.15, -0.1) is 0 Å². The van der Waals surface area contributed by atoms with Crippen LogP contribution in [0.1, 0.15) is 26.2 Å². The molecule has 12 heavy (non-hydrogen) atoms. The summed E-state index contributed by atoms with van der Waals surface area (Å²) < 4.78 is 0. The van der Waals surface area contributed by atoms with Crippen LogP contribution in [0.2, 0.25) is 0 Å². The van der Waals surface area contributed by atoms with Gasteiger partial charge < -0.3 is 5.32 Å². The van der Waals surface area contributed by atoms with Crippen molar-refractivity contribution in [2.24, 2.45) is 5.92 Å². The van der Waals surface area contributed by atoms with Gasteiger partial charge in [0.25, 0.3) is 0 Å². The highest BCUT2D eigenvalue weighted by Gasteiger charge is 2.15. The molecule has 0 aliphatic carbocycles. The second-order valence-corrected chi connectivity index (χ2v) is 3.60. The first-order chi connectivity index (χ1) is 5.70. The third kappa shape index (κ3) is 2.78. The molecule has 1 fully saturated rings. The molecule has 68 valence electrons. The van der Waals surface area contributed by atoms with Gasteiger partial charge in [-0.3, -0.25) is 4.79 Å². The molecule has 0 amide bonds. The number of hydrogen-bond donors (Lipinski definition) is 1. The van der Waals surface area contributed by atoms with E-state index in [2.05, 4.69) is 11.9 Å². The van der Waals surface area contributed by atoms with Crippen LogP contribution in [0.15, 0.2) is 12.2 Å². The van der Waals surface area contributed by atoms with E-state index in [9.17, 15) is 4.79 Å². The highest BCUT2D eigenvalue weighted by Crippen LogP contribution is 2.15. The summed E-state index contributed by atoms with van der Waals surface area (Å²) in [7, 11) is 0.